The Morgan fingerprint density at radius 2 is 2.17 bits per heavy atom. The molecule has 9 heteroatoms. The lowest BCUT2D eigenvalue weighted by molar-refractivity contribution is -0.118. The van der Waals surface area contributed by atoms with Crippen molar-refractivity contribution in [2.45, 2.75) is 20.9 Å². The van der Waals surface area contributed by atoms with Crippen LogP contribution in [0.4, 0.5) is 5.69 Å². The Morgan fingerprint density at radius 1 is 1.39 bits per heavy atom. The first-order chi connectivity index (χ1) is 11.1. The second kappa shape index (κ2) is 6.90. The minimum Gasteiger partial charge on any atom is -0.482 e. The van der Waals surface area contributed by atoms with Crippen LogP contribution in [0.5, 0.6) is 5.75 Å². The third-order valence-electron chi connectivity index (χ3n) is 3.11. The molecule has 23 heavy (non-hydrogen) atoms. The van der Waals surface area contributed by atoms with Gasteiger partial charge in [-0.2, -0.15) is 0 Å². The predicted molar refractivity (Wildman–Crippen MR) is 91.9 cm³/mol. The first-order valence-electron chi connectivity index (χ1n) is 6.72. The number of anilines is 1. The SMILES string of the molecule is CSc1nnc(S[C@@H](C)C(=O)c2ccc3c(c2)NC(=O)CO3)s1. The van der Waals surface area contributed by atoms with E-state index in [-0.39, 0.29) is 23.5 Å². The highest BCUT2D eigenvalue weighted by molar-refractivity contribution is 8.03. The molecule has 0 bridgehead atoms. The van der Waals surface area contributed by atoms with Gasteiger partial charge in [-0.3, -0.25) is 9.59 Å². The van der Waals surface area contributed by atoms with Gasteiger partial charge in [0, 0.05) is 5.56 Å². The van der Waals surface area contributed by atoms with Crippen molar-refractivity contribution in [3.8, 4) is 5.75 Å². The van der Waals surface area contributed by atoms with Crippen LogP contribution in [-0.4, -0.2) is 40.0 Å². The number of ether oxygens (including phenoxy) is 1. The van der Waals surface area contributed by atoms with Crippen LogP contribution in [0.1, 0.15) is 17.3 Å². The molecule has 0 radical (unpaired) electrons. The van der Waals surface area contributed by atoms with Gasteiger partial charge in [0.1, 0.15) is 5.75 Å². The lowest BCUT2D eigenvalue weighted by Crippen LogP contribution is -2.25. The van der Waals surface area contributed by atoms with Crippen molar-refractivity contribution < 1.29 is 14.3 Å². The second-order valence-corrected chi connectivity index (χ2v) is 8.33. The molecule has 1 atom stereocenters. The van der Waals surface area contributed by atoms with Crippen LogP contribution < -0.4 is 10.1 Å². The number of Topliss-reactive ketones (excluding diaryl/α,β-unsaturated/α-hetero) is 1. The van der Waals surface area contributed by atoms with Crippen LogP contribution in [0.15, 0.2) is 26.9 Å². The summed E-state index contributed by atoms with van der Waals surface area (Å²) in [5, 5.41) is 10.5. The first kappa shape index (κ1) is 16.3. The van der Waals surface area contributed by atoms with Crippen molar-refractivity contribution in [2.24, 2.45) is 0 Å². The zero-order chi connectivity index (χ0) is 16.4. The number of carbonyl (C=O) groups excluding carboxylic acids is 2. The molecule has 0 spiro atoms. The Hall–Kier alpha value is -1.58. The third-order valence-corrected chi connectivity index (χ3v) is 6.19. The average molecular weight is 367 g/mol. The molecule has 1 N–H and O–H groups in total. The molecule has 6 nitrogen and oxygen atoms in total. The molecule has 0 aliphatic carbocycles. The number of aromatic nitrogens is 2. The van der Waals surface area contributed by atoms with Crippen LogP contribution in [0.25, 0.3) is 0 Å². The van der Waals surface area contributed by atoms with Gasteiger partial charge in [0.25, 0.3) is 5.91 Å². The van der Waals surface area contributed by atoms with Gasteiger partial charge in [-0.15, -0.1) is 10.2 Å². The van der Waals surface area contributed by atoms with Crippen LogP contribution >= 0.6 is 34.9 Å². The number of fused-ring (bicyclic) bond motifs is 1. The van der Waals surface area contributed by atoms with Gasteiger partial charge >= 0.3 is 0 Å². The zero-order valence-electron chi connectivity index (χ0n) is 12.4. The molecular weight excluding hydrogens is 354 g/mol. The Bertz CT molecular complexity index is 763. The van der Waals surface area contributed by atoms with E-state index in [2.05, 4.69) is 15.5 Å². The fourth-order valence-electron chi connectivity index (χ4n) is 2.00. The lowest BCUT2D eigenvalue weighted by Gasteiger charge is -2.18. The number of carbonyl (C=O) groups is 2. The predicted octanol–water partition coefficient (Wildman–Crippen LogP) is 2.95. The number of ketones is 1. The molecule has 120 valence electrons. The molecule has 1 aliphatic rings. The van der Waals surface area contributed by atoms with E-state index in [0.29, 0.717) is 17.0 Å². The van der Waals surface area contributed by atoms with Crippen molar-refractivity contribution in [2.75, 3.05) is 18.2 Å². The topological polar surface area (TPSA) is 81.2 Å². The van der Waals surface area contributed by atoms with Gasteiger partial charge in [-0.1, -0.05) is 34.9 Å². The van der Waals surface area contributed by atoms with Crippen LogP contribution in [0.3, 0.4) is 0 Å². The molecule has 1 aromatic carbocycles. The molecule has 0 unspecified atom stereocenters. The van der Waals surface area contributed by atoms with Crippen molar-refractivity contribution in [3.63, 3.8) is 0 Å². The molecule has 0 fully saturated rings. The number of thioether (sulfide) groups is 2. The van der Waals surface area contributed by atoms with Gasteiger partial charge in [-0.25, -0.2) is 0 Å². The van der Waals surface area contributed by atoms with E-state index >= 15 is 0 Å². The van der Waals surface area contributed by atoms with Crippen LogP contribution in [0.2, 0.25) is 0 Å². The maximum Gasteiger partial charge on any atom is 0.262 e. The molecular formula is C14H13N3O3S3. The monoisotopic (exact) mass is 367 g/mol. The maximum atomic E-state index is 12.6. The number of nitrogens with one attached hydrogen (secondary N) is 1. The number of nitrogens with zero attached hydrogens (tertiary/aromatic N) is 2. The van der Waals surface area contributed by atoms with Gasteiger partial charge in [0.2, 0.25) is 0 Å². The molecule has 2 aromatic rings. The van der Waals surface area contributed by atoms with Gasteiger partial charge < -0.3 is 10.1 Å². The normalized spacial score (nSPS) is 14.6. The highest BCUT2D eigenvalue weighted by Crippen LogP contribution is 2.33. The summed E-state index contributed by atoms with van der Waals surface area (Å²) in [6, 6.07) is 5.07. The molecule has 0 saturated heterocycles. The van der Waals surface area contributed by atoms with Gasteiger partial charge in [-0.05, 0) is 31.4 Å². The van der Waals surface area contributed by atoms with E-state index in [4.69, 9.17) is 4.74 Å². The van der Waals surface area contributed by atoms with E-state index in [1.54, 1.807) is 18.2 Å². The summed E-state index contributed by atoms with van der Waals surface area (Å²) >= 11 is 4.39. The van der Waals surface area contributed by atoms with E-state index < -0.39 is 0 Å². The highest BCUT2D eigenvalue weighted by Gasteiger charge is 2.22. The van der Waals surface area contributed by atoms with Crippen molar-refractivity contribution in [1.82, 2.24) is 10.2 Å². The summed E-state index contributed by atoms with van der Waals surface area (Å²) in [5.41, 5.74) is 1.06. The Balaban J connectivity index is 1.74. The van der Waals surface area contributed by atoms with Gasteiger partial charge in [0.05, 0.1) is 10.9 Å². The Labute approximate surface area is 145 Å². The standard InChI is InChI=1S/C14H13N3O3S3/c1-7(22-14-17-16-13(21-2)23-14)12(19)8-3-4-10-9(5-8)15-11(18)6-20-10/h3-5,7H,6H2,1-2H3,(H,15,18)/t7-/m0/s1. The van der Waals surface area contributed by atoms with E-state index in [1.807, 2.05) is 13.2 Å². The smallest absolute Gasteiger partial charge is 0.262 e. The fourth-order valence-corrected chi connectivity index (χ4v) is 4.66. The Morgan fingerprint density at radius 3 is 2.91 bits per heavy atom. The summed E-state index contributed by atoms with van der Waals surface area (Å²) in [7, 11) is 0. The minimum atomic E-state index is -0.295. The zero-order valence-corrected chi connectivity index (χ0v) is 14.8. The molecule has 3 rings (SSSR count). The first-order valence-corrected chi connectivity index (χ1v) is 9.64. The summed E-state index contributed by atoms with van der Waals surface area (Å²) in [5.74, 6) is 0.330. The van der Waals surface area contributed by atoms with E-state index in [1.165, 1.54) is 34.9 Å². The number of hydrogen-bond donors (Lipinski definition) is 1. The van der Waals surface area contributed by atoms with Crippen molar-refractivity contribution in [1.29, 1.82) is 0 Å². The van der Waals surface area contributed by atoms with Crippen LogP contribution in [0, 0.1) is 0 Å². The lowest BCUT2D eigenvalue weighted by atomic mass is 10.1. The minimum absolute atomic E-state index is 0.00136. The molecule has 2 heterocycles. The summed E-state index contributed by atoms with van der Waals surface area (Å²) in [4.78, 5) is 23.9. The summed E-state index contributed by atoms with van der Waals surface area (Å²) in [6.07, 6.45) is 1.94. The van der Waals surface area contributed by atoms with Crippen LogP contribution in [-0.2, 0) is 4.79 Å². The van der Waals surface area contributed by atoms with Crippen molar-refractivity contribution >= 4 is 52.2 Å². The Kier molecular flexibility index (Phi) is 4.88. The molecule has 1 amide bonds. The largest absolute Gasteiger partial charge is 0.482 e. The maximum absolute atomic E-state index is 12.6. The number of benzene rings is 1. The summed E-state index contributed by atoms with van der Waals surface area (Å²) in [6.45, 7) is 1.84. The van der Waals surface area contributed by atoms with E-state index in [9.17, 15) is 9.59 Å². The third kappa shape index (κ3) is 3.67. The molecule has 0 saturated carbocycles. The molecule has 1 aromatic heterocycles. The van der Waals surface area contributed by atoms with E-state index in [0.717, 1.165) is 8.68 Å². The van der Waals surface area contributed by atoms with Gasteiger partial charge in [0.15, 0.2) is 21.1 Å². The highest BCUT2D eigenvalue weighted by atomic mass is 32.2. The van der Waals surface area contributed by atoms with Crippen molar-refractivity contribution in [3.05, 3.63) is 23.8 Å². The average Bonchev–Trinajstić information content (AvgIpc) is 3.01. The molecule has 1 aliphatic heterocycles. The second-order valence-electron chi connectivity index (χ2n) is 4.71. The summed E-state index contributed by atoms with van der Waals surface area (Å²) < 4.78 is 6.94. The fraction of sp³-hybridized carbons (Fsp3) is 0.286. The number of rotatable bonds is 5. The number of hydrogen-bond acceptors (Lipinski definition) is 8. The number of amides is 1. The quantitative estimate of drug-likeness (QED) is 0.643.